The predicted octanol–water partition coefficient (Wildman–Crippen LogP) is 4.42. The van der Waals surface area contributed by atoms with Gasteiger partial charge in [-0.1, -0.05) is 48.5 Å². The Bertz CT molecular complexity index is 972. The van der Waals surface area contributed by atoms with Crippen molar-refractivity contribution in [1.82, 2.24) is 4.90 Å². The highest BCUT2D eigenvalue weighted by molar-refractivity contribution is 5.97. The third kappa shape index (κ3) is 4.82. The molecule has 4 rings (SSSR count). The van der Waals surface area contributed by atoms with E-state index in [0.717, 1.165) is 22.6 Å². The Kier molecular flexibility index (Phi) is 5.56. The number of hydrogen-bond acceptors (Lipinski definition) is 3. The summed E-state index contributed by atoms with van der Waals surface area (Å²) >= 11 is 0. The highest BCUT2D eigenvalue weighted by Gasteiger charge is 2.34. The first-order valence-corrected chi connectivity index (χ1v) is 9.72. The standard InChI is InChI=1S/C24H23N3O2/c28-23-15-19(17-27(23)16-18-7-3-1-4-8-18)24(29)26-22-13-11-21(12-14-22)25-20-9-5-2-6-10-20/h1-14,19,25H,15-17H2,(H,26,29). The lowest BCUT2D eigenvalue weighted by atomic mass is 10.1. The second-order valence-corrected chi connectivity index (χ2v) is 7.22. The molecule has 0 aliphatic carbocycles. The Morgan fingerprint density at radius 2 is 1.41 bits per heavy atom. The van der Waals surface area contributed by atoms with Gasteiger partial charge in [0.25, 0.3) is 0 Å². The molecule has 5 nitrogen and oxygen atoms in total. The first-order valence-electron chi connectivity index (χ1n) is 9.72. The topological polar surface area (TPSA) is 61.4 Å². The molecule has 1 fully saturated rings. The van der Waals surface area contributed by atoms with Crippen LogP contribution >= 0.6 is 0 Å². The van der Waals surface area contributed by atoms with E-state index in [1.165, 1.54) is 0 Å². The molecule has 2 N–H and O–H groups in total. The number of nitrogens with zero attached hydrogens (tertiary/aromatic N) is 1. The van der Waals surface area contributed by atoms with E-state index >= 15 is 0 Å². The van der Waals surface area contributed by atoms with Crippen molar-refractivity contribution in [2.45, 2.75) is 13.0 Å². The molecule has 0 aromatic heterocycles. The van der Waals surface area contributed by atoms with Crippen LogP contribution in [-0.4, -0.2) is 23.3 Å². The van der Waals surface area contributed by atoms with Crippen molar-refractivity contribution < 1.29 is 9.59 Å². The number of hydrogen-bond donors (Lipinski definition) is 2. The van der Waals surface area contributed by atoms with Crippen LogP contribution in [0, 0.1) is 5.92 Å². The minimum absolute atomic E-state index is 0.0245. The summed E-state index contributed by atoms with van der Waals surface area (Å²) in [6, 6.07) is 27.3. The lowest BCUT2D eigenvalue weighted by Crippen LogP contribution is -2.28. The fourth-order valence-corrected chi connectivity index (χ4v) is 3.47. The number of likely N-dealkylation sites (tertiary alicyclic amines) is 1. The summed E-state index contributed by atoms with van der Waals surface area (Å²) in [6.45, 7) is 0.997. The molecule has 0 saturated carbocycles. The first-order chi connectivity index (χ1) is 14.2. The van der Waals surface area contributed by atoms with E-state index in [4.69, 9.17) is 0 Å². The number of amides is 2. The van der Waals surface area contributed by atoms with Crippen molar-refractivity contribution >= 4 is 28.9 Å². The van der Waals surface area contributed by atoms with Crippen molar-refractivity contribution in [1.29, 1.82) is 0 Å². The molecule has 146 valence electrons. The van der Waals surface area contributed by atoms with E-state index in [-0.39, 0.29) is 24.2 Å². The summed E-state index contributed by atoms with van der Waals surface area (Å²) in [7, 11) is 0. The minimum atomic E-state index is -0.326. The maximum atomic E-state index is 12.6. The van der Waals surface area contributed by atoms with Crippen LogP contribution in [0.15, 0.2) is 84.9 Å². The van der Waals surface area contributed by atoms with Gasteiger partial charge in [0.15, 0.2) is 0 Å². The summed E-state index contributed by atoms with van der Waals surface area (Å²) < 4.78 is 0. The van der Waals surface area contributed by atoms with E-state index in [9.17, 15) is 9.59 Å². The number of anilines is 3. The molecule has 0 radical (unpaired) electrons. The normalized spacial score (nSPS) is 15.9. The third-order valence-electron chi connectivity index (χ3n) is 5.02. The first kappa shape index (κ1) is 18.7. The Morgan fingerprint density at radius 1 is 0.828 bits per heavy atom. The Hall–Kier alpha value is -3.60. The predicted molar refractivity (Wildman–Crippen MR) is 115 cm³/mol. The molecule has 3 aromatic carbocycles. The van der Waals surface area contributed by atoms with Crippen LogP contribution in [0.4, 0.5) is 17.1 Å². The second-order valence-electron chi connectivity index (χ2n) is 7.22. The van der Waals surface area contributed by atoms with Crippen LogP contribution in [0.3, 0.4) is 0 Å². The molecule has 1 aliphatic heterocycles. The molecule has 1 heterocycles. The van der Waals surface area contributed by atoms with Crippen molar-refractivity contribution in [3.8, 4) is 0 Å². The van der Waals surface area contributed by atoms with Crippen molar-refractivity contribution in [3.05, 3.63) is 90.5 Å². The van der Waals surface area contributed by atoms with Crippen LogP contribution in [0.5, 0.6) is 0 Å². The largest absolute Gasteiger partial charge is 0.356 e. The van der Waals surface area contributed by atoms with Crippen LogP contribution < -0.4 is 10.6 Å². The van der Waals surface area contributed by atoms with Crippen molar-refractivity contribution in [3.63, 3.8) is 0 Å². The number of carbonyl (C=O) groups is 2. The fraction of sp³-hybridized carbons (Fsp3) is 0.167. The summed E-state index contributed by atoms with van der Waals surface area (Å²) in [6.07, 6.45) is 0.256. The molecule has 5 heteroatoms. The van der Waals surface area contributed by atoms with Gasteiger partial charge >= 0.3 is 0 Å². The van der Waals surface area contributed by atoms with Crippen LogP contribution in [0.2, 0.25) is 0 Å². The molecule has 2 amide bonds. The number of benzene rings is 3. The monoisotopic (exact) mass is 385 g/mol. The molecular formula is C24H23N3O2. The smallest absolute Gasteiger partial charge is 0.229 e. The van der Waals surface area contributed by atoms with Gasteiger partial charge in [0.1, 0.15) is 0 Å². The molecule has 0 bridgehead atoms. The van der Waals surface area contributed by atoms with Gasteiger partial charge in [0.05, 0.1) is 5.92 Å². The lowest BCUT2D eigenvalue weighted by molar-refractivity contribution is -0.128. The average Bonchev–Trinajstić information content (AvgIpc) is 3.11. The van der Waals surface area contributed by atoms with E-state index in [0.29, 0.717) is 13.1 Å². The summed E-state index contributed by atoms with van der Waals surface area (Å²) in [5.41, 5.74) is 3.75. The van der Waals surface area contributed by atoms with E-state index in [1.807, 2.05) is 84.9 Å². The number of para-hydroxylation sites is 1. The van der Waals surface area contributed by atoms with Crippen molar-refractivity contribution in [2.75, 3.05) is 17.2 Å². The van der Waals surface area contributed by atoms with Gasteiger partial charge in [-0.25, -0.2) is 0 Å². The SMILES string of the molecule is O=C(Nc1ccc(Nc2ccccc2)cc1)C1CC(=O)N(Cc2ccccc2)C1. The molecule has 1 unspecified atom stereocenters. The van der Waals surface area contributed by atoms with Gasteiger partial charge in [-0.2, -0.15) is 0 Å². The van der Waals surface area contributed by atoms with E-state index in [2.05, 4.69) is 10.6 Å². The maximum absolute atomic E-state index is 12.6. The maximum Gasteiger partial charge on any atom is 0.229 e. The van der Waals surface area contributed by atoms with Crippen LogP contribution in [0.25, 0.3) is 0 Å². The van der Waals surface area contributed by atoms with Gasteiger partial charge in [0.2, 0.25) is 11.8 Å². The Labute approximate surface area is 170 Å². The molecule has 0 spiro atoms. The molecule has 1 atom stereocenters. The second kappa shape index (κ2) is 8.61. The van der Waals surface area contributed by atoms with E-state index in [1.54, 1.807) is 4.90 Å². The summed E-state index contributed by atoms with van der Waals surface area (Å²) in [4.78, 5) is 26.7. The zero-order valence-electron chi connectivity index (χ0n) is 16.0. The summed E-state index contributed by atoms with van der Waals surface area (Å²) in [5, 5.41) is 6.24. The third-order valence-corrected chi connectivity index (χ3v) is 5.02. The highest BCUT2D eigenvalue weighted by Crippen LogP contribution is 2.23. The van der Waals surface area contributed by atoms with Crippen LogP contribution in [0.1, 0.15) is 12.0 Å². The molecule has 1 saturated heterocycles. The molecule has 3 aromatic rings. The van der Waals surface area contributed by atoms with Gasteiger partial charge in [-0.3, -0.25) is 9.59 Å². The quantitative estimate of drug-likeness (QED) is 0.660. The Morgan fingerprint density at radius 3 is 2.10 bits per heavy atom. The van der Waals surface area contributed by atoms with Crippen LogP contribution in [-0.2, 0) is 16.1 Å². The molecule has 29 heavy (non-hydrogen) atoms. The van der Waals surface area contributed by atoms with Gasteiger partial charge in [-0.05, 0) is 42.0 Å². The van der Waals surface area contributed by atoms with Gasteiger partial charge in [0, 0.05) is 36.6 Å². The highest BCUT2D eigenvalue weighted by atomic mass is 16.2. The van der Waals surface area contributed by atoms with Gasteiger partial charge in [-0.15, -0.1) is 0 Å². The number of rotatable bonds is 6. The minimum Gasteiger partial charge on any atom is -0.356 e. The Balaban J connectivity index is 1.33. The lowest BCUT2D eigenvalue weighted by Gasteiger charge is -2.16. The van der Waals surface area contributed by atoms with Gasteiger partial charge < -0.3 is 15.5 Å². The zero-order valence-corrected chi connectivity index (χ0v) is 16.0. The van der Waals surface area contributed by atoms with Crippen molar-refractivity contribution in [2.24, 2.45) is 5.92 Å². The zero-order chi connectivity index (χ0) is 20.1. The number of nitrogens with one attached hydrogen (secondary N) is 2. The van der Waals surface area contributed by atoms with E-state index < -0.39 is 0 Å². The number of carbonyl (C=O) groups excluding carboxylic acids is 2. The molecular weight excluding hydrogens is 362 g/mol. The summed E-state index contributed by atoms with van der Waals surface area (Å²) in [5.74, 6) is -0.414. The average molecular weight is 385 g/mol. The fourth-order valence-electron chi connectivity index (χ4n) is 3.47. The molecule has 1 aliphatic rings.